The molecule has 1 atom stereocenters. The Balaban J connectivity index is 2.16. The Morgan fingerprint density at radius 3 is 2.67 bits per heavy atom. The minimum Gasteiger partial charge on any atom is -0.464 e. The number of carbonyl (C=O) groups excluding carboxylic acids is 1. The molecule has 1 heterocycles. The fourth-order valence-electron chi connectivity index (χ4n) is 2.42. The minimum atomic E-state index is -1.63. The molecule has 108 valence electrons. The summed E-state index contributed by atoms with van der Waals surface area (Å²) in [6.07, 6.45) is 0. The zero-order valence-corrected chi connectivity index (χ0v) is 12.7. The first-order valence-corrected chi connectivity index (χ1v) is 7.67. The normalized spacial score (nSPS) is 14.2. The maximum absolute atomic E-state index is 11.9. The average molecular weight is 300 g/mol. The molecule has 1 N–H and O–H groups in total. The lowest BCUT2D eigenvalue weighted by molar-refractivity contribution is -0.164. The van der Waals surface area contributed by atoms with Gasteiger partial charge in [-0.1, -0.05) is 24.3 Å². The van der Waals surface area contributed by atoms with E-state index in [1.54, 1.807) is 24.3 Å². The van der Waals surface area contributed by atoms with E-state index in [9.17, 15) is 9.90 Å². The zero-order valence-electron chi connectivity index (χ0n) is 11.9. The first kappa shape index (κ1) is 14.0. The minimum absolute atomic E-state index is 0.249. The molecular weight excluding hydrogens is 284 g/mol. The van der Waals surface area contributed by atoms with Crippen molar-refractivity contribution in [3.8, 4) is 0 Å². The van der Waals surface area contributed by atoms with E-state index < -0.39 is 11.6 Å². The maximum atomic E-state index is 11.9. The number of thiophene rings is 1. The van der Waals surface area contributed by atoms with Crippen molar-refractivity contribution < 1.29 is 14.6 Å². The Kier molecular flexibility index (Phi) is 3.43. The van der Waals surface area contributed by atoms with Gasteiger partial charge in [-0.05, 0) is 37.6 Å². The molecule has 4 heteroatoms. The van der Waals surface area contributed by atoms with Crippen molar-refractivity contribution in [2.75, 3.05) is 6.61 Å². The highest BCUT2D eigenvalue weighted by atomic mass is 32.1. The van der Waals surface area contributed by atoms with Gasteiger partial charge in [0.05, 0.1) is 6.61 Å². The second-order valence-electron chi connectivity index (χ2n) is 5.10. The van der Waals surface area contributed by atoms with E-state index in [2.05, 4.69) is 12.1 Å². The number of hydrogen-bond donors (Lipinski definition) is 1. The molecule has 0 saturated heterocycles. The van der Waals surface area contributed by atoms with E-state index >= 15 is 0 Å². The Morgan fingerprint density at radius 1 is 1.19 bits per heavy atom. The fourth-order valence-corrected chi connectivity index (χ4v) is 3.50. The highest BCUT2D eigenvalue weighted by molar-refractivity contribution is 7.25. The number of hydrogen-bond acceptors (Lipinski definition) is 4. The summed E-state index contributed by atoms with van der Waals surface area (Å²) in [6.45, 7) is 3.45. The molecule has 1 unspecified atom stereocenters. The van der Waals surface area contributed by atoms with Crippen LogP contribution in [0.15, 0.2) is 42.5 Å². The third-order valence-electron chi connectivity index (χ3n) is 3.61. The third-order valence-corrected chi connectivity index (χ3v) is 4.76. The summed E-state index contributed by atoms with van der Waals surface area (Å²) in [5.74, 6) is -0.621. The van der Waals surface area contributed by atoms with Crippen molar-refractivity contribution in [3.63, 3.8) is 0 Å². The number of rotatable bonds is 3. The van der Waals surface area contributed by atoms with E-state index in [0.717, 1.165) is 15.5 Å². The van der Waals surface area contributed by atoms with Crippen LogP contribution in [0, 0.1) is 0 Å². The van der Waals surface area contributed by atoms with Gasteiger partial charge in [-0.2, -0.15) is 0 Å². The van der Waals surface area contributed by atoms with Crippen molar-refractivity contribution in [2.45, 2.75) is 19.4 Å². The SMILES string of the molecule is CCOC(=O)C(C)(O)c1ccc2sc3ccccc3c2c1. The van der Waals surface area contributed by atoms with Gasteiger partial charge in [0.25, 0.3) is 0 Å². The predicted molar refractivity (Wildman–Crippen MR) is 85.5 cm³/mol. The molecular formula is C17H16O3S. The summed E-state index contributed by atoms with van der Waals surface area (Å²) < 4.78 is 7.29. The predicted octanol–water partition coefficient (Wildman–Crippen LogP) is 3.83. The van der Waals surface area contributed by atoms with Crippen LogP contribution in [0.5, 0.6) is 0 Å². The van der Waals surface area contributed by atoms with Crippen LogP contribution in [-0.2, 0) is 15.1 Å². The summed E-state index contributed by atoms with van der Waals surface area (Å²) in [5, 5.41) is 12.7. The Hall–Kier alpha value is -1.91. The second-order valence-corrected chi connectivity index (χ2v) is 6.19. The summed E-state index contributed by atoms with van der Waals surface area (Å²) in [4.78, 5) is 11.9. The average Bonchev–Trinajstić information content (AvgIpc) is 2.85. The number of fused-ring (bicyclic) bond motifs is 3. The molecule has 0 aliphatic rings. The number of benzene rings is 2. The molecule has 0 fully saturated rings. The van der Waals surface area contributed by atoms with E-state index in [1.165, 1.54) is 11.6 Å². The quantitative estimate of drug-likeness (QED) is 0.748. The molecule has 3 aromatic rings. The topological polar surface area (TPSA) is 46.5 Å². The van der Waals surface area contributed by atoms with Gasteiger partial charge in [-0.25, -0.2) is 4.79 Å². The van der Waals surface area contributed by atoms with E-state index in [1.807, 2.05) is 24.3 Å². The summed E-state index contributed by atoms with van der Waals surface area (Å²) in [7, 11) is 0. The highest BCUT2D eigenvalue weighted by Crippen LogP contribution is 2.36. The molecule has 3 nitrogen and oxygen atoms in total. The molecule has 0 bridgehead atoms. The van der Waals surface area contributed by atoms with Gasteiger partial charge >= 0.3 is 5.97 Å². The van der Waals surface area contributed by atoms with E-state index in [0.29, 0.717) is 5.56 Å². The van der Waals surface area contributed by atoms with Crippen LogP contribution < -0.4 is 0 Å². The van der Waals surface area contributed by atoms with Crippen molar-refractivity contribution in [3.05, 3.63) is 48.0 Å². The van der Waals surface area contributed by atoms with Crippen LogP contribution >= 0.6 is 11.3 Å². The van der Waals surface area contributed by atoms with Crippen LogP contribution in [0.1, 0.15) is 19.4 Å². The smallest absolute Gasteiger partial charge is 0.342 e. The van der Waals surface area contributed by atoms with Crippen LogP contribution in [0.25, 0.3) is 20.2 Å². The number of esters is 1. The van der Waals surface area contributed by atoms with Crippen molar-refractivity contribution >= 4 is 37.5 Å². The van der Waals surface area contributed by atoms with Crippen LogP contribution in [0.3, 0.4) is 0 Å². The molecule has 2 aromatic carbocycles. The van der Waals surface area contributed by atoms with Gasteiger partial charge in [0, 0.05) is 20.2 Å². The van der Waals surface area contributed by atoms with Gasteiger partial charge in [0.1, 0.15) is 0 Å². The molecule has 21 heavy (non-hydrogen) atoms. The van der Waals surface area contributed by atoms with Gasteiger partial charge in [-0.15, -0.1) is 11.3 Å². The third kappa shape index (κ3) is 2.30. The molecule has 0 amide bonds. The molecule has 0 saturated carbocycles. The Bertz CT molecular complexity index is 817. The lowest BCUT2D eigenvalue weighted by Gasteiger charge is -2.21. The lowest BCUT2D eigenvalue weighted by atomic mass is 9.94. The van der Waals surface area contributed by atoms with Crippen molar-refractivity contribution in [1.82, 2.24) is 0 Å². The molecule has 0 aliphatic heterocycles. The van der Waals surface area contributed by atoms with Crippen LogP contribution in [-0.4, -0.2) is 17.7 Å². The molecule has 1 aromatic heterocycles. The number of carbonyl (C=O) groups is 1. The summed E-state index contributed by atoms with van der Waals surface area (Å²) >= 11 is 1.70. The van der Waals surface area contributed by atoms with Gasteiger partial charge in [-0.3, -0.25) is 0 Å². The molecule has 0 aliphatic carbocycles. The van der Waals surface area contributed by atoms with E-state index in [-0.39, 0.29) is 6.61 Å². The standard InChI is InChI=1S/C17H16O3S/c1-3-20-16(18)17(2,19)11-8-9-15-13(10-11)12-6-4-5-7-14(12)21-15/h4-10,19H,3H2,1-2H3. The van der Waals surface area contributed by atoms with Crippen LogP contribution in [0.2, 0.25) is 0 Å². The molecule has 0 radical (unpaired) electrons. The van der Waals surface area contributed by atoms with E-state index in [4.69, 9.17) is 4.74 Å². The first-order valence-electron chi connectivity index (χ1n) is 6.85. The zero-order chi connectivity index (χ0) is 15.0. The number of aliphatic hydroxyl groups is 1. The summed E-state index contributed by atoms with van der Waals surface area (Å²) in [5.41, 5.74) is -1.08. The monoisotopic (exact) mass is 300 g/mol. The van der Waals surface area contributed by atoms with Crippen LogP contribution in [0.4, 0.5) is 0 Å². The lowest BCUT2D eigenvalue weighted by Crippen LogP contribution is -2.34. The Labute approximate surface area is 126 Å². The molecule has 0 spiro atoms. The van der Waals surface area contributed by atoms with Crippen molar-refractivity contribution in [2.24, 2.45) is 0 Å². The van der Waals surface area contributed by atoms with Gasteiger partial charge in [0.2, 0.25) is 0 Å². The fraction of sp³-hybridized carbons (Fsp3) is 0.235. The number of ether oxygens (including phenoxy) is 1. The second kappa shape index (κ2) is 5.13. The highest BCUT2D eigenvalue weighted by Gasteiger charge is 2.34. The van der Waals surface area contributed by atoms with Crippen molar-refractivity contribution in [1.29, 1.82) is 0 Å². The Morgan fingerprint density at radius 2 is 1.90 bits per heavy atom. The summed E-state index contributed by atoms with van der Waals surface area (Å²) in [6, 6.07) is 13.7. The van der Waals surface area contributed by atoms with Gasteiger partial charge in [0.15, 0.2) is 5.60 Å². The first-order chi connectivity index (χ1) is 10.0. The molecule has 3 rings (SSSR count). The van der Waals surface area contributed by atoms with Gasteiger partial charge < -0.3 is 9.84 Å². The maximum Gasteiger partial charge on any atom is 0.342 e. The largest absolute Gasteiger partial charge is 0.464 e.